The Bertz CT molecular complexity index is 967. The molecule has 3 amide bonds. The molecule has 2 heterocycles. The van der Waals surface area contributed by atoms with Crippen molar-refractivity contribution in [1.29, 1.82) is 0 Å². The Morgan fingerprint density at radius 2 is 2.00 bits per heavy atom. The maximum Gasteiger partial charge on any atom is 0.323 e. The summed E-state index contributed by atoms with van der Waals surface area (Å²) in [6, 6.07) is 7.63. The van der Waals surface area contributed by atoms with Crippen LogP contribution in [-0.4, -0.2) is 66.1 Å². The number of urea groups is 1. The van der Waals surface area contributed by atoms with E-state index in [9.17, 15) is 14.0 Å². The first-order valence-corrected chi connectivity index (χ1v) is 11.1. The molecule has 1 aliphatic heterocycles. The molecule has 0 spiro atoms. The third-order valence-electron chi connectivity index (χ3n) is 5.56. The molecule has 178 valence electrons. The molecular formula is C24H32FN5O3. The van der Waals surface area contributed by atoms with Crippen LogP contribution in [0.3, 0.4) is 0 Å². The molecule has 2 aromatic rings. The molecule has 0 saturated carbocycles. The van der Waals surface area contributed by atoms with Crippen LogP contribution in [0.25, 0.3) is 0 Å². The fraction of sp³-hybridized carbons (Fsp3) is 0.458. The number of methoxy groups -OCH3 is 1. The summed E-state index contributed by atoms with van der Waals surface area (Å²) in [6.45, 7) is 8.66. The lowest BCUT2D eigenvalue weighted by molar-refractivity contribution is -0.141. The Morgan fingerprint density at radius 1 is 1.21 bits per heavy atom. The van der Waals surface area contributed by atoms with Gasteiger partial charge in [0.15, 0.2) is 0 Å². The molecule has 9 heteroatoms. The largest absolute Gasteiger partial charge is 0.382 e. The monoisotopic (exact) mass is 457 g/mol. The fourth-order valence-electron chi connectivity index (χ4n) is 3.87. The quantitative estimate of drug-likeness (QED) is 0.665. The summed E-state index contributed by atoms with van der Waals surface area (Å²) in [5.41, 5.74) is 2.32. The van der Waals surface area contributed by atoms with E-state index in [0.717, 1.165) is 11.3 Å². The minimum atomic E-state index is -0.544. The molecule has 1 atom stereocenters. The van der Waals surface area contributed by atoms with Crippen LogP contribution in [0, 0.1) is 18.7 Å². The van der Waals surface area contributed by atoms with Crippen molar-refractivity contribution in [3.8, 4) is 0 Å². The molecule has 3 rings (SSSR count). The first-order chi connectivity index (χ1) is 15.8. The molecule has 2 N–H and O–H groups in total. The van der Waals surface area contributed by atoms with Crippen LogP contribution in [0.4, 0.5) is 20.6 Å². The van der Waals surface area contributed by atoms with E-state index >= 15 is 0 Å². The topological polar surface area (TPSA) is 86.8 Å². The van der Waals surface area contributed by atoms with Crippen molar-refractivity contribution in [3.63, 3.8) is 0 Å². The molecule has 0 bridgehead atoms. The summed E-state index contributed by atoms with van der Waals surface area (Å²) >= 11 is 0. The predicted octanol–water partition coefficient (Wildman–Crippen LogP) is 3.49. The summed E-state index contributed by atoms with van der Waals surface area (Å²) in [5, 5.41) is 5.22. The lowest BCUT2D eigenvalue weighted by Crippen LogP contribution is -2.57. The molecule has 33 heavy (non-hydrogen) atoms. The number of piperazine rings is 1. The Labute approximate surface area is 194 Å². The van der Waals surface area contributed by atoms with E-state index in [4.69, 9.17) is 4.74 Å². The van der Waals surface area contributed by atoms with E-state index in [2.05, 4.69) is 20.5 Å². The van der Waals surface area contributed by atoms with E-state index in [1.807, 2.05) is 25.7 Å². The Hall–Kier alpha value is -3.04. The summed E-state index contributed by atoms with van der Waals surface area (Å²) < 4.78 is 19.7. The summed E-state index contributed by atoms with van der Waals surface area (Å²) in [5.74, 6) is -0.455. The molecule has 1 saturated heterocycles. The number of benzene rings is 1. The molecule has 1 aromatic carbocycles. The van der Waals surface area contributed by atoms with Crippen molar-refractivity contribution in [2.75, 3.05) is 44.0 Å². The summed E-state index contributed by atoms with van der Waals surface area (Å²) in [4.78, 5) is 33.1. The highest BCUT2D eigenvalue weighted by Gasteiger charge is 2.31. The second-order valence-electron chi connectivity index (χ2n) is 8.61. The van der Waals surface area contributed by atoms with Crippen molar-refractivity contribution >= 4 is 23.3 Å². The van der Waals surface area contributed by atoms with Crippen molar-refractivity contribution < 1.29 is 18.7 Å². The number of aryl methyl sites for hydroxylation is 1. The third-order valence-corrected chi connectivity index (χ3v) is 5.56. The standard InChI is InChI=1S/C24H32FN5O3/c1-16(2)23(31)30-10-9-29(14-20(30)15-33-4)13-18-6-8-21(25)22(11-18)28-24(32)27-19-7-5-17(3)26-12-19/h5-8,11-12,16,20H,9-10,13-15H2,1-4H3,(H2,27,28,32)/t20-/m0/s1. The zero-order chi connectivity index (χ0) is 24.0. The average Bonchev–Trinajstić information content (AvgIpc) is 2.77. The number of halogens is 1. The minimum absolute atomic E-state index is 0.0365. The maximum absolute atomic E-state index is 14.3. The minimum Gasteiger partial charge on any atom is -0.382 e. The van der Waals surface area contributed by atoms with Gasteiger partial charge in [0, 0.05) is 44.9 Å². The zero-order valence-electron chi connectivity index (χ0n) is 19.6. The first kappa shape index (κ1) is 24.6. The number of hydrogen-bond acceptors (Lipinski definition) is 5. The lowest BCUT2D eigenvalue weighted by Gasteiger charge is -2.42. The molecule has 1 fully saturated rings. The van der Waals surface area contributed by atoms with Crippen LogP contribution in [-0.2, 0) is 16.1 Å². The van der Waals surface area contributed by atoms with Gasteiger partial charge in [-0.2, -0.15) is 0 Å². The van der Waals surface area contributed by atoms with Crippen LogP contribution in [0.1, 0.15) is 25.1 Å². The average molecular weight is 458 g/mol. The second kappa shape index (κ2) is 11.2. The smallest absolute Gasteiger partial charge is 0.323 e. The molecule has 1 aromatic heterocycles. The van der Waals surface area contributed by atoms with Gasteiger partial charge in [0.05, 0.1) is 30.2 Å². The number of nitrogens with one attached hydrogen (secondary N) is 2. The van der Waals surface area contributed by atoms with Gasteiger partial charge < -0.3 is 20.3 Å². The number of anilines is 2. The van der Waals surface area contributed by atoms with E-state index < -0.39 is 11.8 Å². The molecular weight excluding hydrogens is 425 g/mol. The van der Waals surface area contributed by atoms with Crippen molar-refractivity contribution in [1.82, 2.24) is 14.8 Å². The third kappa shape index (κ3) is 6.72. The van der Waals surface area contributed by atoms with Crippen molar-refractivity contribution in [3.05, 3.63) is 53.6 Å². The number of amides is 3. The van der Waals surface area contributed by atoms with Gasteiger partial charge in [0.25, 0.3) is 0 Å². The fourth-order valence-corrected chi connectivity index (χ4v) is 3.87. The number of nitrogens with zero attached hydrogens (tertiary/aromatic N) is 3. The molecule has 0 radical (unpaired) electrons. The normalized spacial score (nSPS) is 16.7. The summed E-state index contributed by atoms with van der Waals surface area (Å²) in [7, 11) is 1.63. The highest BCUT2D eigenvalue weighted by molar-refractivity contribution is 5.99. The van der Waals surface area contributed by atoms with Gasteiger partial charge in [-0.3, -0.25) is 14.7 Å². The zero-order valence-corrected chi connectivity index (χ0v) is 19.6. The number of carbonyl (C=O) groups excluding carboxylic acids is 2. The van der Waals surface area contributed by atoms with Crippen LogP contribution in [0.15, 0.2) is 36.5 Å². The Morgan fingerprint density at radius 3 is 2.67 bits per heavy atom. The van der Waals surface area contributed by atoms with Crippen LogP contribution in [0.5, 0.6) is 0 Å². The van der Waals surface area contributed by atoms with E-state index in [1.54, 1.807) is 37.6 Å². The van der Waals surface area contributed by atoms with Gasteiger partial charge in [0.1, 0.15) is 5.82 Å². The van der Waals surface area contributed by atoms with Gasteiger partial charge in [-0.25, -0.2) is 9.18 Å². The van der Waals surface area contributed by atoms with E-state index in [-0.39, 0.29) is 23.6 Å². The van der Waals surface area contributed by atoms with Crippen LogP contribution >= 0.6 is 0 Å². The Balaban J connectivity index is 1.63. The van der Waals surface area contributed by atoms with Gasteiger partial charge in [-0.05, 0) is 36.8 Å². The number of hydrogen-bond donors (Lipinski definition) is 2. The predicted molar refractivity (Wildman–Crippen MR) is 126 cm³/mol. The maximum atomic E-state index is 14.3. The summed E-state index contributed by atoms with van der Waals surface area (Å²) in [6.07, 6.45) is 1.54. The van der Waals surface area contributed by atoms with Gasteiger partial charge in [-0.1, -0.05) is 19.9 Å². The molecule has 0 aliphatic carbocycles. The van der Waals surface area contributed by atoms with Crippen molar-refractivity contribution in [2.24, 2.45) is 5.92 Å². The molecule has 1 aliphatic rings. The molecule has 0 unspecified atom stereocenters. The number of pyridine rings is 1. The van der Waals surface area contributed by atoms with Gasteiger partial charge in [-0.15, -0.1) is 0 Å². The van der Waals surface area contributed by atoms with Crippen LogP contribution < -0.4 is 10.6 Å². The first-order valence-electron chi connectivity index (χ1n) is 11.1. The number of carbonyl (C=O) groups is 2. The van der Waals surface area contributed by atoms with E-state index in [1.165, 1.54) is 6.07 Å². The van der Waals surface area contributed by atoms with Gasteiger partial charge in [0.2, 0.25) is 5.91 Å². The SMILES string of the molecule is COC[C@@H]1CN(Cc2ccc(F)c(NC(=O)Nc3ccc(C)nc3)c2)CCN1C(=O)C(C)C. The number of aromatic nitrogens is 1. The lowest BCUT2D eigenvalue weighted by atomic mass is 10.1. The second-order valence-corrected chi connectivity index (χ2v) is 8.61. The highest BCUT2D eigenvalue weighted by Crippen LogP contribution is 2.21. The number of ether oxygens (including phenoxy) is 1. The molecule has 8 nitrogen and oxygen atoms in total. The van der Waals surface area contributed by atoms with Gasteiger partial charge >= 0.3 is 6.03 Å². The van der Waals surface area contributed by atoms with Crippen LogP contribution in [0.2, 0.25) is 0 Å². The Kier molecular flexibility index (Phi) is 8.35. The number of rotatable bonds is 7. The van der Waals surface area contributed by atoms with E-state index in [0.29, 0.717) is 38.5 Å². The van der Waals surface area contributed by atoms with Crippen molar-refractivity contribution in [2.45, 2.75) is 33.4 Å². The highest BCUT2D eigenvalue weighted by atomic mass is 19.1.